The summed E-state index contributed by atoms with van der Waals surface area (Å²) in [6.45, 7) is 1.70. The number of methoxy groups -OCH3 is 2. The molecule has 2 atom stereocenters. The number of allylic oxidation sites excluding steroid dienone is 3. The molecule has 11 heteroatoms. The van der Waals surface area contributed by atoms with Gasteiger partial charge in [-0.15, -0.1) is 11.8 Å². The highest BCUT2D eigenvalue weighted by Crippen LogP contribution is 2.47. The minimum absolute atomic E-state index is 0.0625. The fourth-order valence-corrected chi connectivity index (χ4v) is 4.95. The molecule has 0 spiro atoms. The van der Waals surface area contributed by atoms with Crippen LogP contribution in [0, 0.1) is 17.2 Å². The van der Waals surface area contributed by atoms with Crippen LogP contribution >= 0.6 is 11.8 Å². The van der Waals surface area contributed by atoms with Gasteiger partial charge in [0.15, 0.2) is 23.1 Å². The molecule has 2 N–H and O–H groups in total. The first-order chi connectivity index (χ1) is 19.7. The second kappa shape index (κ2) is 11.4. The number of rotatable bonds is 9. The molecule has 1 fully saturated rings. The maximum absolute atomic E-state index is 15.2. The van der Waals surface area contributed by atoms with Crippen LogP contribution < -0.4 is 24.8 Å². The van der Waals surface area contributed by atoms with Gasteiger partial charge in [0.2, 0.25) is 11.8 Å². The Morgan fingerprint density at radius 2 is 1.71 bits per heavy atom. The topological polar surface area (TPSA) is 98.8 Å². The van der Waals surface area contributed by atoms with Gasteiger partial charge in [-0.25, -0.2) is 13.8 Å². The fraction of sp³-hybridized carbons (Fsp3) is 0.300. The molecule has 0 bridgehead atoms. The summed E-state index contributed by atoms with van der Waals surface area (Å²) in [4.78, 5) is 30.6. The molecule has 1 heterocycles. The zero-order valence-electron chi connectivity index (χ0n) is 22.9. The van der Waals surface area contributed by atoms with E-state index in [1.165, 1.54) is 50.3 Å². The number of fused-ring (bicyclic) bond motifs is 1. The molecule has 0 aliphatic heterocycles. The number of nitrogens with zero attached hydrogens (tertiary/aromatic N) is 1. The van der Waals surface area contributed by atoms with Crippen molar-refractivity contribution in [1.82, 2.24) is 10.3 Å². The highest BCUT2D eigenvalue weighted by atomic mass is 32.2. The number of hydrogen-bond donors (Lipinski definition) is 2. The van der Waals surface area contributed by atoms with E-state index in [1.54, 1.807) is 31.2 Å². The van der Waals surface area contributed by atoms with Crippen molar-refractivity contribution in [2.45, 2.75) is 31.0 Å². The lowest BCUT2D eigenvalue weighted by Gasteiger charge is -2.20. The molecule has 2 unspecified atom stereocenters. The van der Waals surface area contributed by atoms with Gasteiger partial charge in [0.05, 0.1) is 19.7 Å². The maximum atomic E-state index is 15.2. The number of benzene rings is 2. The third-order valence-corrected chi connectivity index (χ3v) is 7.78. The summed E-state index contributed by atoms with van der Waals surface area (Å²) in [5.41, 5.74) is -0.0477. The molecule has 8 nitrogen and oxygen atoms in total. The quantitative estimate of drug-likeness (QED) is 0.230. The molecule has 2 aliphatic rings. The smallest absolute Gasteiger partial charge is 0.240 e. The lowest BCUT2D eigenvalue weighted by atomic mass is 9.98. The largest absolute Gasteiger partial charge is 0.493 e. The minimum Gasteiger partial charge on any atom is -0.493 e. The van der Waals surface area contributed by atoms with Crippen molar-refractivity contribution in [1.29, 1.82) is 0 Å². The Kier molecular flexibility index (Phi) is 7.90. The van der Waals surface area contributed by atoms with E-state index in [-0.39, 0.29) is 17.4 Å². The number of amides is 2. The van der Waals surface area contributed by atoms with Crippen LogP contribution in [-0.4, -0.2) is 43.4 Å². The van der Waals surface area contributed by atoms with Crippen LogP contribution in [0.25, 0.3) is 10.9 Å². The first kappa shape index (κ1) is 28.4. The van der Waals surface area contributed by atoms with E-state index in [9.17, 15) is 14.0 Å². The van der Waals surface area contributed by atoms with E-state index in [0.717, 1.165) is 6.07 Å². The summed E-state index contributed by atoms with van der Waals surface area (Å²) in [7, 11) is 3.04. The van der Waals surface area contributed by atoms with Crippen molar-refractivity contribution in [3.8, 4) is 23.0 Å². The Morgan fingerprint density at radius 1 is 1.00 bits per heavy atom. The van der Waals surface area contributed by atoms with Gasteiger partial charge in [-0.05, 0) is 49.4 Å². The van der Waals surface area contributed by atoms with Crippen LogP contribution in [0.5, 0.6) is 23.0 Å². The average Bonchev–Trinajstić information content (AvgIpc) is 3.78. The molecular weight excluding hydrogens is 552 g/mol. The molecule has 0 saturated heterocycles. The maximum Gasteiger partial charge on any atom is 0.240 e. The number of nitrogens with one attached hydrogen (secondary N) is 2. The third-order valence-electron chi connectivity index (χ3n) is 7.15. The number of carbonyl (C=O) groups excluding carboxylic acids is 2. The van der Waals surface area contributed by atoms with Crippen LogP contribution in [0.3, 0.4) is 0 Å². The average molecular weight is 582 g/mol. The van der Waals surface area contributed by atoms with Gasteiger partial charge in [0.1, 0.15) is 22.4 Å². The van der Waals surface area contributed by atoms with Crippen LogP contribution in [0.1, 0.15) is 19.8 Å². The summed E-state index contributed by atoms with van der Waals surface area (Å²) < 4.78 is 45.7. The van der Waals surface area contributed by atoms with Crippen LogP contribution in [-0.2, 0) is 9.59 Å². The standard InChI is InChI=1S/C30H29F2N3O5S/c1-16-11-17(5-7-20(16)31)33-28(36)30(9-10-30)29(37)34-18-6-8-23(21(32)12-18)40-24-15-27(41-4)35-22-14-26(39-3)25(38-2)13-19(22)24/h5-8,11-16,20H,9-10H2,1-4H3,(H,33,36)(H,34,37). The molecule has 0 radical (unpaired) electrons. The predicted octanol–water partition coefficient (Wildman–Crippen LogP) is 6.17. The number of thioether (sulfide) groups is 1. The molecule has 214 valence electrons. The van der Waals surface area contributed by atoms with Crippen molar-refractivity contribution in [2.75, 3.05) is 25.8 Å². The number of alkyl halides is 1. The van der Waals surface area contributed by atoms with Gasteiger partial charge >= 0.3 is 0 Å². The van der Waals surface area contributed by atoms with Gasteiger partial charge in [-0.1, -0.05) is 13.0 Å². The number of carbonyl (C=O) groups is 2. The molecule has 2 amide bonds. The van der Waals surface area contributed by atoms with E-state index >= 15 is 4.39 Å². The molecule has 2 aromatic carbocycles. The first-order valence-corrected chi connectivity index (χ1v) is 14.1. The number of hydrogen-bond acceptors (Lipinski definition) is 7. The van der Waals surface area contributed by atoms with E-state index in [4.69, 9.17) is 14.2 Å². The lowest BCUT2D eigenvalue weighted by molar-refractivity contribution is -0.133. The lowest BCUT2D eigenvalue weighted by Crippen LogP contribution is -2.39. The molecule has 1 aromatic heterocycles. The fourth-order valence-electron chi connectivity index (χ4n) is 4.54. The predicted molar refractivity (Wildman–Crippen MR) is 153 cm³/mol. The van der Waals surface area contributed by atoms with Crippen LogP contribution in [0.15, 0.2) is 65.3 Å². The van der Waals surface area contributed by atoms with E-state index in [1.807, 2.05) is 6.26 Å². The van der Waals surface area contributed by atoms with E-state index < -0.39 is 29.2 Å². The van der Waals surface area contributed by atoms with Crippen molar-refractivity contribution < 1.29 is 32.6 Å². The van der Waals surface area contributed by atoms with Crippen molar-refractivity contribution in [2.24, 2.45) is 11.3 Å². The second-order valence-electron chi connectivity index (χ2n) is 9.91. The van der Waals surface area contributed by atoms with Crippen LogP contribution in [0.4, 0.5) is 14.5 Å². The zero-order valence-corrected chi connectivity index (χ0v) is 23.7. The molecule has 5 rings (SSSR count). The van der Waals surface area contributed by atoms with Crippen molar-refractivity contribution >= 4 is 40.2 Å². The second-order valence-corrected chi connectivity index (χ2v) is 10.7. The molecule has 3 aromatic rings. The Labute approximate surface area is 240 Å². The molecule has 41 heavy (non-hydrogen) atoms. The van der Waals surface area contributed by atoms with Crippen molar-refractivity contribution in [3.63, 3.8) is 0 Å². The SMILES string of the molecule is COc1cc2nc(SC)cc(Oc3ccc(NC(=O)C4(C(=O)NC5=CC(C)C(F)C=C5)CC4)cc3F)c2cc1OC. The Balaban J connectivity index is 1.33. The van der Waals surface area contributed by atoms with Gasteiger partial charge in [0, 0.05) is 40.9 Å². The van der Waals surface area contributed by atoms with Crippen LogP contribution in [0.2, 0.25) is 0 Å². The Hall–Kier alpha value is -4.12. The number of anilines is 1. The minimum atomic E-state index is -1.26. The summed E-state index contributed by atoms with van der Waals surface area (Å²) >= 11 is 1.41. The highest BCUT2D eigenvalue weighted by Gasteiger charge is 2.56. The highest BCUT2D eigenvalue weighted by molar-refractivity contribution is 7.98. The Morgan fingerprint density at radius 3 is 2.34 bits per heavy atom. The molecular formula is C30H29F2N3O5S. The zero-order chi connectivity index (χ0) is 29.3. The van der Waals surface area contributed by atoms with Gasteiger partial charge < -0.3 is 24.8 Å². The normalized spacial score (nSPS) is 18.8. The monoisotopic (exact) mass is 581 g/mol. The Bertz CT molecular complexity index is 1590. The molecule has 1 saturated carbocycles. The summed E-state index contributed by atoms with van der Waals surface area (Å²) in [5.74, 6) is -0.831. The van der Waals surface area contributed by atoms with E-state index in [0.29, 0.717) is 51.7 Å². The molecule has 2 aliphatic carbocycles. The van der Waals surface area contributed by atoms with E-state index in [2.05, 4.69) is 15.6 Å². The van der Waals surface area contributed by atoms with Crippen molar-refractivity contribution in [3.05, 3.63) is 66.1 Å². The van der Waals surface area contributed by atoms with Gasteiger partial charge in [-0.3, -0.25) is 9.59 Å². The summed E-state index contributed by atoms with van der Waals surface area (Å²) in [6.07, 6.45) is 5.94. The number of ether oxygens (including phenoxy) is 3. The number of halogens is 2. The number of aromatic nitrogens is 1. The first-order valence-electron chi connectivity index (χ1n) is 12.9. The number of pyridine rings is 1. The van der Waals surface area contributed by atoms with Gasteiger partial charge in [-0.2, -0.15) is 0 Å². The third kappa shape index (κ3) is 5.72. The van der Waals surface area contributed by atoms with Gasteiger partial charge in [0.25, 0.3) is 0 Å². The summed E-state index contributed by atoms with van der Waals surface area (Å²) in [5, 5.41) is 6.62. The summed E-state index contributed by atoms with van der Waals surface area (Å²) in [6, 6.07) is 9.18.